The van der Waals surface area contributed by atoms with Crippen LogP contribution in [-0.4, -0.2) is 57.1 Å². The normalized spacial score (nSPS) is 16.7. The fraction of sp³-hybridized carbons (Fsp3) is 0.615. The number of aliphatic hydroxyl groups excluding tert-OH is 1. The molecule has 0 saturated carbocycles. The lowest BCUT2D eigenvalue weighted by Crippen LogP contribution is -2.37. The van der Waals surface area contributed by atoms with Gasteiger partial charge >= 0.3 is 6.09 Å². The Balaban J connectivity index is 2.24. The highest BCUT2D eigenvalue weighted by atomic mass is 32.2. The molecule has 1 aliphatic rings. The van der Waals surface area contributed by atoms with Gasteiger partial charge in [0.25, 0.3) is 0 Å². The maximum Gasteiger partial charge on any atom is 0.407 e. The summed E-state index contributed by atoms with van der Waals surface area (Å²) >= 11 is 1.40. The fourth-order valence-electron chi connectivity index (χ4n) is 2.63. The molecule has 1 fully saturated rings. The molecule has 10 heteroatoms. The fourth-order valence-corrected chi connectivity index (χ4v) is 2.97. The van der Waals surface area contributed by atoms with Crippen molar-refractivity contribution in [2.45, 2.75) is 30.0 Å². The molecule has 1 atom stereocenters. The number of rotatable bonds is 5. The average molecular weight is 338 g/mol. The van der Waals surface area contributed by atoms with Crippen LogP contribution in [0.1, 0.15) is 36.1 Å². The summed E-state index contributed by atoms with van der Waals surface area (Å²) in [5.41, 5.74) is 9.66. The van der Waals surface area contributed by atoms with E-state index in [-0.39, 0.29) is 12.5 Å². The standard InChI is InChI=1S/C13H18N6O3S/c1-23-12-15-6-9(10(20)7-16-18-14)11(17-12)8-2-4-19(5-3-8)13(21)22/h6,8,10,20H,2-5,7H2,1H3,(H,21,22). The molecule has 1 saturated heterocycles. The summed E-state index contributed by atoms with van der Waals surface area (Å²) in [6.07, 6.45) is 2.82. The number of hydrogen-bond acceptors (Lipinski definition) is 6. The minimum absolute atomic E-state index is 0.0511. The third kappa shape index (κ3) is 4.25. The Kier molecular flexibility index (Phi) is 6.03. The summed E-state index contributed by atoms with van der Waals surface area (Å²) in [5, 5.41) is 23.2. The quantitative estimate of drug-likeness (QED) is 0.278. The van der Waals surface area contributed by atoms with E-state index in [4.69, 9.17) is 10.6 Å². The zero-order valence-electron chi connectivity index (χ0n) is 12.7. The number of carbonyl (C=O) groups is 1. The Morgan fingerprint density at radius 1 is 1.61 bits per heavy atom. The predicted octanol–water partition coefficient (Wildman–Crippen LogP) is 2.40. The number of piperidine rings is 1. The highest BCUT2D eigenvalue weighted by molar-refractivity contribution is 7.98. The summed E-state index contributed by atoms with van der Waals surface area (Å²) in [5.74, 6) is 0.0511. The number of thioether (sulfide) groups is 1. The Morgan fingerprint density at radius 2 is 2.30 bits per heavy atom. The molecule has 23 heavy (non-hydrogen) atoms. The second-order valence-corrected chi connectivity index (χ2v) is 5.94. The van der Waals surface area contributed by atoms with Crippen molar-refractivity contribution in [3.8, 4) is 0 Å². The molecule has 0 spiro atoms. The van der Waals surface area contributed by atoms with Gasteiger partial charge in [0.05, 0.1) is 18.3 Å². The minimum atomic E-state index is -0.964. The molecule has 1 aromatic heterocycles. The van der Waals surface area contributed by atoms with Crippen molar-refractivity contribution in [1.82, 2.24) is 14.9 Å². The molecule has 2 N–H and O–H groups in total. The first-order valence-corrected chi connectivity index (χ1v) is 8.37. The van der Waals surface area contributed by atoms with Crippen molar-refractivity contribution in [3.05, 3.63) is 27.9 Å². The van der Waals surface area contributed by atoms with E-state index in [0.29, 0.717) is 36.7 Å². The Bertz CT molecular complexity index is 614. The zero-order chi connectivity index (χ0) is 16.8. The highest BCUT2D eigenvalue weighted by Gasteiger charge is 2.28. The van der Waals surface area contributed by atoms with E-state index in [0.717, 1.165) is 5.69 Å². The first-order chi connectivity index (χ1) is 11.1. The SMILES string of the molecule is CSc1ncc(C(O)CN=[N+]=[N-])c(C2CCN(C(=O)O)CC2)n1. The van der Waals surface area contributed by atoms with E-state index in [1.807, 2.05) is 6.26 Å². The van der Waals surface area contributed by atoms with Gasteiger partial charge in [0.1, 0.15) is 0 Å². The van der Waals surface area contributed by atoms with Gasteiger partial charge in [-0.25, -0.2) is 14.8 Å². The van der Waals surface area contributed by atoms with Crippen LogP contribution < -0.4 is 0 Å². The summed E-state index contributed by atoms with van der Waals surface area (Å²) in [7, 11) is 0. The molecule has 2 heterocycles. The molecule has 2 rings (SSSR count). The molecule has 1 unspecified atom stereocenters. The average Bonchev–Trinajstić information content (AvgIpc) is 2.59. The largest absolute Gasteiger partial charge is 0.465 e. The van der Waals surface area contributed by atoms with E-state index in [9.17, 15) is 9.90 Å². The molecule has 1 aromatic rings. The Morgan fingerprint density at radius 3 is 2.87 bits per heavy atom. The number of likely N-dealkylation sites (tertiary alicyclic amines) is 1. The molecule has 1 amide bonds. The van der Waals surface area contributed by atoms with Crippen LogP contribution >= 0.6 is 11.8 Å². The summed E-state index contributed by atoms with van der Waals surface area (Å²) in [6.45, 7) is 0.786. The predicted molar refractivity (Wildman–Crippen MR) is 84.4 cm³/mol. The van der Waals surface area contributed by atoms with Crippen molar-refractivity contribution < 1.29 is 15.0 Å². The van der Waals surface area contributed by atoms with Gasteiger partial charge < -0.3 is 15.1 Å². The molecular formula is C13H18N6O3S. The van der Waals surface area contributed by atoms with Crippen molar-refractivity contribution >= 4 is 17.9 Å². The van der Waals surface area contributed by atoms with E-state index < -0.39 is 12.2 Å². The van der Waals surface area contributed by atoms with Crippen LogP contribution in [0.2, 0.25) is 0 Å². The molecular weight excluding hydrogens is 320 g/mol. The van der Waals surface area contributed by atoms with Crippen molar-refractivity contribution in [2.75, 3.05) is 25.9 Å². The van der Waals surface area contributed by atoms with Crippen molar-refractivity contribution in [1.29, 1.82) is 0 Å². The minimum Gasteiger partial charge on any atom is -0.465 e. The van der Waals surface area contributed by atoms with E-state index in [2.05, 4.69) is 20.0 Å². The second kappa shape index (κ2) is 8.00. The molecule has 1 aliphatic heterocycles. The number of azide groups is 1. The van der Waals surface area contributed by atoms with Gasteiger partial charge in [0, 0.05) is 35.7 Å². The lowest BCUT2D eigenvalue weighted by molar-refractivity contribution is 0.130. The maximum absolute atomic E-state index is 11.0. The number of carboxylic acid groups (broad SMARTS) is 1. The van der Waals surface area contributed by atoms with E-state index in [1.165, 1.54) is 16.7 Å². The van der Waals surface area contributed by atoms with Crippen LogP contribution in [0.15, 0.2) is 16.5 Å². The first kappa shape index (κ1) is 17.3. The van der Waals surface area contributed by atoms with Crippen LogP contribution in [0.4, 0.5) is 4.79 Å². The van der Waals surface area contributed by atoms with Crippen molar-refractivity contribution in [3.63, 3.8) is 0 Å². The summed E-state index contributed by atoms with van der Waals surface area (Å²) < 4.78 is 0. The van der Waals surface area contributed by atoms with Crippen molar-refractivity contribution in [2.24, 2.45) is 5.11 Å². The zero-order valence-corrected chi connectivity index (χ0v) is 13.5. The van der Waals surface area contributed by atoms with Crippen LogP contribution in [0.25, 0.3) is 10.4 Å². The van der Waals surface area contributed by atoms with E-state index in [1.54, 1.807) is 6.20 Å². The van der Waals surface area contributed by atoms with E-state index >= 15 is 0 Å². The summed E-state index contributed by atoms with van der Waals surface area (Å²) in [6, 6.07) is 0. The third-order valence-corrected chi connectivity index (χ3v) is 4.40. The highest BCUT2D eigenvalue weighted by Crippen LogP contribution is 2.32. The van der Waals surface area contributed by atoms with Gasteiger partial charge in [-0.1, -0.05) is 16.9 Å². The van der Waals surface area contributed by atoms with Crippen LogP contribution in [-0.2, 0) is 0 Å². The number of amides is 1. The lowest BCUT2D eigenvalue weighted by atomic mass is 9.89. The van der Waals surface area contributed by atoms with Crippen LogP contribution in [0.5, 0.6) is 0 Å². The molecule has 124 valence electrons. The molecule has 0 aromatic carbocycles. The monoisotopic (exact) mass is 338 g/mol. The number of aliphatic hydroxyl groups is 1. The van der Waals surface area contributed by atoms with Gasteiger partial charge in [-0.05, 0) is 24.6 Å². The van der Waals surface area contributed by atoms with Crippen LogP contribution in [0.3, 0.4) is 0 Å². The van der Waals surface area contributed by atoms with Gasteiger partial charge in [-0.15, -0.1) is 0 Å². The Hall–Kier alpha value is -2.03. The molecule has 0 bridgehead atoms. The smallest absolute Gasteiger partial charge is 0.407 e. The number of nitrogens with zero attached hydrogens (tertiary/aromatic N) is 6. The molecule has 0 aliphatic carbocycles. The third-order valence-electron chi connectivity index (χ3n) is 3.84. The summed E-state index contributed by atoms with van der Waals surface area (Å²) in [4.78, 5) is 23.7. The molecule has 9 nitrogen and oxygen atoms in total. The van der Waals surface area contributed by atoms with Gasteiger partial charge in [0.2, 0.25) is 0 Å². The Labute approximate surface area is 137 Å². The topological polar surface area (TPSA) is 135 Å². The van der Waals surface area contributed by atoms with Gasteiger partial charge in [0.15, 0.2) is 5.16 Å². The van der Waals surface area contributed by atoms with Crippen LogP contribution in [0, 0.1) is 0 Å². The number of aromatic nitrogens is 2. The molecule has 0 radical (unpaired) electrons. The first-order valence-electron chi connectivity index (χ1n) is 7.14. The number of hydrogen-bond donors (Lipinski definition) is 2. The second-order valence-electron chi connectivity index (χ2n) is 5.17. The lowest BCUT2D eigenvalue weighted by Gasteiger charge is -2.31. The van der Waals surface area contributed by atoms with Gasteiger partial charge in [-0.2, -0.15) is 0 Å². The maximum atomic E-state index is 11.0. The van der Waals surface area contributed by atoms with Gasteiger partial charge in [-0.3, -0.25) is 0 Å².